The average Bonchev–Trinajstić information content (AvgIpc) is 2.94. The molecule has 0 amide bonds. The SMILES string of the molecule is CCOc1cc(C=Nn2c([C@H](C)CC)nc3ccc(Br)cc3c2=O)c(Br)c(Cl)c1OCc1ccc(C(=O)O)cc1. The Hall–Kier alpha value is -3.21. The van der Waals surface area contributed by atoms with Crippen LogP contribution in [-0.2, 0) is 6.61 Å². The number of aromatic carboxylic acids is 1. The number of rotatable bonds is 10. The van der Waals surface area contributed by atoms with Crippen molar-refractivity contribution in [2.75, 3.05) is 6.61 Å². The number of nitrogens with zero attached hydrogens (tertiary/aromatic N) is 3. The maximum atomic E-state index is 13.5. The van der Waals surface area contributed by atoms with E-state index < -0.39 is 5.97 Å². The second kappa shape index (κ2) is 13.0. The van der Waals surface area contributed by atoms with Gasteiger partial charge < -0.3 is 14.6 Å². The highest BCUT2D eigenvalue weighted by Gasteiger charge is 2.19. The first-order valence-electron chi connectivity index (χ1n) is 12.5. The number of carboxylic acid groups (broad SMARTS) is 1. The summed E-state index contributed by atoms with van der Waals surface area (Å²) < 4.78 is 14.4. The Bertz CT molecular complexity index is 1660. The number of aromatic nitrogens is 2. The van der Waals surface area contributed by atoms with Crippen LogP contribution in [0.15, 0.2) is 67.4 Å². The monoisotopic (exact) mass is 689 g/mol. The highest BCUT2D eigenvalue weighted by Crippen LogP contribution is 2.42. The van der Waals surface area contributed by atoms with E-state index in [4.69, 9.17) is 31.2 Å². The van der Waals surface area contributed by atoms with E-state index in [1.165, 1.54) is 23.0 Å². The average molecular weight is 692 g/mol. The van der Waals surface area contributed by atoms with Gasteiger partial charge >= 0.3 is 5.97 Å². The van der Waals surface area contributed by atoms with Crippen LogP contribution in [0.3, 0.4) is 0 Å². The molecule has 0 aliphatic carbocycles. The Balaban J connectivity index is 1.72. The van der Waals surface area contributed by atoms with E-state index >= 15 is 0 Å². The summed E-state index contributed by atoms with van der Waals surface area (Å²) in [5.41, 5.74) is 1.85. The summed E-state index contributed by atoms with van der Waals surface area (Å²) in [4.78, 5) is 29.3. The third-order valence-electron chi connectivity index (χ3n) is 6.24. The van der Waals surface area contributed by atoms with Crippen LogP contribution in [0.5, 0.6) is 11.5 Å². The normalized spacial score (nSPS) is 12.2. The molecule has 1 N–H and O–H groups in total. The van der Waals surface area contributed by atoms with Gasteiger partial charge in [0, 0.05) is 20.4 Å². The molecule has 3 aromatic carbocycles. The molecule has 1 atom stereocenters. The van der Waals surface area contributed by atoms with Gasteiger partial charge in [-0.15, -0.1) is 0 Å². The number of halogens is 3. The van der Waals surface area contributed by atoms with Gasteiger partial charge in [-0.1, -0.05) is 53.5 Å². The van der Waals surface area contributed by atoms with Gasteiger partial charge in [-0.3, -0.25) is 4.79 Å². The molecule has 0 spiro atoms. The Morgan fingerprint density at radius 3 is 2.52 bits per heavy atom. The zero-order chi connectivity index (χ0) is 29.0. The van der Waals surface area contributed by atoms with Crippen LogP contribution in [0.25, 0.3) is 10.9 Å². The van der Waals surface area contributed by atoms with Crippen LogP contribution in [0.1, 0.15) is 60.4 Å². The molecular weight excluding hydrogens is 666 g/mol. The van der Waals surface area contributed by atoms with Gasteiger partial charge in [-0.05, 0) is 71.2 Å². The summed E-state index contributed by atoms with van der Waals surface area (Å²) in [6, 6.07) is 13.5. The van der Waals surface area contributed by atoms with E-state index in [1.54, 1.807) is 24.3 Å². The van der Waals surface area contributed by atoms with E-state index in [-0.39, 0.29) is 28.7 Å². The summed E-state index contributed by atoms with van der Waals surface area (Å²) in [7, 11) is 0. The Morgan fingerprint density at radius 1 is 1.15 bits per heavy atom. The molecule has 1 heterocycles. The summed E-state index contributed by atoms with van der Waals surface area (Å²) in [5, 5.41) is 14.4. The maximum absolute atomic E-state index is 13.5. The van der Waals surface area contributed by atoms with Crippen molar-refractivity contribution in [3.8, 4) is 11.5 Å². The fourth-order valence-corrected chi connectivity index (χ4v) is 4.91. The minimum Gasteiger partial charge on any atom is -0.490 e. The molecule has 11 heteroatoms. The van der Waals surface area contributed by atoms with Crippen molar-refractivity contribution in [3.05, 3.63) is 95.4 Å². The first-order chi connectivity index (χ1) is 19.1. The van der Waals surface area contributed by atoms with E-state index in [0.717, 1.165) is 16.5 Å². The van der Waals surface area contributed by atoms with Gasteiger partial charge in [0.1, 0.15) is 17.5 Å². The molecule has 0 radical (unpaired) electrons. The topological polar surface area (TPSA) is 103 Å². The van der Waals surface area contributed by atoms with E-state index in [0.29, 0.717) is 44.9 Å². The second-order valence-corrected chi connectivity index (χ2v) is 11.0. The Morgan fingerprint density at radius 2 is 1.88 bits per heavy atom. The van der Waals surface area contributed by atoms with Crippen molar-refractivity contribution in [1.82, 2.24) is 9.66 Å². The van der Waals surface area contributed by atoms with Gasteiger partial charge in [-0.25, -0.2) is 9.78 Å². The molecular formula is C29H26Br2ClN3O5. The Kier molecular flexibility index (Phi) is 9.65. The molecule has 0 bridgehead atoms. The fraction of sp³-hybridized carbons (Fsp3) is 0.241. The number of fused-ring (bicyclic) bond motifs is 1. The fourth-order valence-electron chi connectivity index (χ4n) is 3.89. The molecule has 0 saturated heterocycles. The quantitative estimate of drug-likeness (QED) is 0.172. The molecule has 4 aromatic rings. The van der Waals surface area contributed by atoms with Crippen LogP contribution < -0.4 is 15.0 Å². The third kappa shape index (κ3) is 6.40. The Labute approximate surface area is 252 Å². The second-order valence-electron chi connectivity index (χ2n) is 8.95. The van der Waals surface area contributed by atoms with Crippen molar-refractivity contribution in [2.45, 2.75) is 39.7 Å². The molecule has 0 aliphatic heterocycles. The van der Waals surface area contributed by atoms with Gasteiger partial charge in [0.15, 0.2) is 11.5 Å². The number of ether oxygens (including phenoxy) is 2. The largest absolute Gasteiger partial charge is 0.490 e. The van der Waals surface area contributed by atoms with Crippen LogP contribution in [0.2, 0.25) is 5.02 Å². The summed E-state index contributed by atoms with van der Waals surface area (Å²) >= 11 is 13.7. The lowest BCUT2D eigenvalue weighted by Crippen LogP contribution is -2.23. The highest BCUT2D eigenvalue weighted by atomic mass is 79.9. The number of carbonyl (C=O) groups is 1. The molecule has 208 valence electrons. The zero-order valence-electron chi connectivity index (χ0n) is 22.0. The first kappa shape index (κ1) is 29.8. The lowest BCUT2D eigenvalue weighted by molar-refractivity contribution is 0.0697. The molecule has 40 heavy (non-hydrogen) atoms. The zero-order valence-corrected chi connectivity index (χ0v) is 25.9. The first-order valence-corrected chi connectivity index (χ1v) is 14.5. The van der Waals surface area contributed by atoms with E-state index in [1.807, 2.05) is 32.9 Å². The summed E-state index contributed by atoms with van der Waals surface area (Å²) in [6.45, 7) is 6.38. The highest BCUT2D eigenvalue weighted by molar-refractivity contribution is 9.10. The third-order valence-corrected chi connectivity index (χ3v) is 8.18. The van der Waals surface area contributed by atoms with E-state index in [9.17, 15) is 9.59 Å². The van der Waals surface area contributed by atoms with E-state index in [2.05, 4.69) is 37.0 Å². The lowest BCUT2D eigenvalue weighted by atomic mass is 10.1. The lowest BCUT2D eigenvalue weighted by Gasteiger charge is -2.17. The van der Waals surface area contributed by atoms with Crippen LogP contribution in [0, 0.1) is 0 Å². The van der Waals surface area contributed by atoms with Crippen LogP contribution in [0.4, 0.5) is 0 Å². The van der Waals surface area contributed by atoms with Crippen molar-refractivity contribution in [3.63, 3.8) is 0 Å². The minimum absolute atomic E-state index is 0.00995. The predicted molar refractivity (Wildman–Crippen MR) is 163 cm³/mol. The predicted octanol–water partition coefficient (Wildman–Crippen LogP) is 7.65. The molecule has 0 fully saturated rings. The summed E-state index contributed by atoms with van der Waals surface area (Å²) in [5.74, 6) is 0.268. The van der Waals surface area contributed by atoms with Gasteiger partial charge in [0.2, 0.25) is 0 Å². The molecule has 1 aromatic heterocycles. The standard InChI is InChI=1S/C29H26Br2ClN3O5/c1-4-16(3)27-34-22-11-10-20(30)13-21(22)28(36)35(27)33-14-19-12-23(39-5-2)26(25(32)24(19)31)40-15-17-6-8-18(9-7-17)29(37)38/h6-14,16H,4-5,15H2,1-3H3,(H,37,38)/t16-/m1/s1. The van der Waals surface area contributed by atoms with Gasteiger partial charge in [-0.2, -0.15) is 9.78 Å². The molecule has 8 nitrogen and oxygen atoms in total. The van der Waals surface area contributed by atoms with Crippen molar-refractivity contribution in [1.29, 1.82) is 0 Å². The van der Waals surface area contributed by atoms with Crippen molar-refractivity contribution >= 4 is 66.5 Å². The van der Waals surface area contributed by atoms with Crippen LogP contribution in [-0.4, -0.2) is 33.6 Å². The molecule has 4 rings (SSSR count). The number of hydrogen-bond donors (Lipinski definition) is 1. The summed E-state index contributed by atoms with van der Waals surface area (Å²) in [6.07, 6.45) is 2.31. The smallest absolute Gasteiger partial charge is 0.335 e. The van der Waals surface area contributed by atoms with Crippen molar-refractivity contribution < 1.29 is 19.4 Å². The molecule has 0 saturated carbocycles. The number of benzene rings is 3. The van der Waals surface area contributed by atoms with Crippen LogP contribution >= 0.6 is 43.5 Å². The van der Waals surface area contributed by atoms with Gasteiger partial charge in [0.05, 0.1) is 29.3 Å². The molecule has 0 unspecified atom stereocenters. The minimum atomic E-state index is -0.999. The van der Waals surface area contributed by atoms with Gasteiger partial charge in [0.25, 0.3) is 5.56 Å². The number of hydrogen-bond acceptors (Lipinski definition) is 6. The molecule has 0 aliphatic rings. The number of carboxylic acids is 1. The van der Waals surface area contributed by atoms with Crippen molar-refractivity contribution in [2.24, 2.45) is 5.10 Å². The maximum Gasteiger partial charge on any atom is 0.335 e.